The van der Waals surface area contributed by atoms with Crippen LogP contribution in [0, 0.1) is 10.5 Å². The molecular formula is C14H19IN2. The Morgan fingerprint density at radius 3 is 3.06 bits per heavy atom. The van der Waals surface area contributed by atoms with E-state index in [0.29, 0.717) is 6.04 Å². The maximum absolute atomic E-state index is 3.77. The highest BCUT2D eigenvalue weighted by Crippen LogP contribution is 2.31. The van der Waals surface area contributed by atoms with Crippen molar-refractivity contribution in [3.63, 3.8) is 0 Å². The predicted molar refractivity (Wildman–Crippen MR) is 80.5 cm³/mol. The first-order valence-corrected chi connectivity index (χ1v) is 7.59. The monoisotopic (exact) mass is 342 g/mol. The van der Waals surface area contributed by atoms with Crippen LogP contribution in [-0.2, 0) is 0 Å². The van der Waals surface area contributed by atoms with E-state index in [0.717, 1.165) is 6.04 Å². The SMILES string of the molecule is Cc1c(I)cccc1NC1CCN2CCCC12. The number of nitrogens with zero attached hydrogens (tertiary/aromatic N) is 1. The highest BCUT2D eigenvalue weighted by atomic mass is 127. The van der Waals surface area contributed by atoms with Gasteiger partial charge in [-0.2, -0.15) is 0 Å². The molecule has 0 amide bonds. The van der Waals surface area contributed by atoms with Crippen LogP contribution in [0.5, 0.6) is 0 Å². The first-order chi connectivity index (χ1) is 8.25. The van der Waals surface area contributed by atoms with Gasteiger partial charge in [0.1, 0.15) is 0 Å². The van der Waals surface area contributed by atoms with E-state index in [-0.39, 0.29) is 0 Å². The van der Waals surface area contributed by atoms with Crippen molar-refractivity contribution in [2.45, 2.75) is 38.3 Å². The van der Waals surface area contributed by atoms with Gasteiger partial charge in [-0.15, -0.1) is 0 Å². The Labute approximate surface area is 117 Å². The summed E-state index contributed by atoms with van der Waals surface area (Å²) in [7, 11) is 0. The maximum atomic E-state index is 3.77. The molecule has 3 rings (SSSR count). The third-order valence-electron chi connectivity index (χ3n) is 4.21. The summed E-state index contributed by atoms with van der Waals surface area (Å²) in [5.41, 5.74) is 2.72. The van der Waals surface area contributed by atoms with Crippen LogP contribution in [0.1, 0.15) is 24.8 Å². The van der Waals surface area contributed by atoms with E-state index in [1.54, 1.807) is 0 Å². The number of hydrogen-bond donors (Lipinski definition) is 1. The molecule has 1 N–H and O–H groups in total. The van der Waals surface area contributed by atoms with E-state index in [9.17, 15) is 0 Å². The summed E-state index contributed by atoms with van der Waals surface area (Å²) in [5.74, 6) is 0. The molecule has 0 saturated carbocycles. The number of benzene rings is 1. The average Bonchev–Trinajstić information content (AvgIpc) is 2.89. The fourth-order valence-corrected chi connectivity index (χ4v) is 3.71. The molecule has 2 aliphatic heterocycles. The van der Waals surface area contributed by atoms with E-state index in [4.69, 9.17) is 0 Å². The molecule has 3 heteroatoms. The van der Waals surface area contributed by atoms with Crippen molar-refractivity contribution < 1.29 is 0 Å². The number of hydrogen-bond acceptors (Lipinski definition) is 2. The lowest BCUT2D eigenvalue weighted by molar-refractivity contribution is 0.318. The second-order valence-electron chi connectivity index (χ2n) is 5.20. The van der Waals surface area contributed by atoms with Crippen molar-refractivity contribution in [3.8, 4) is 0 Å². The van der Waals surface area contributed by atoms with Crippen molar-refractivity contribution in [1.82, 2.24) is 4.90 Å². The Kier molecular flexibility index (Phi) is 3.30. The highest BCUT2D eigenvalue weighted by molar-refractivity contribution is 14.1. The van der Waals surface area contributed by atoms with Gasteiger partial charge in [0, 0.05) is 27.9 Å². The molecule has 0 aliphatic carbocycles. The molecule has 2 aliphatic rings. The van der Waals surface area contributed by atoms with Gasteiger partial charge in [0.15, 0.2) is 0 Å². The quantitative estimate of drug-likeness (QED) is 0.830. The minimum absolute atomic E-state index is 0.661. The minimum Gasteiger partial charge on any atom is -0.380 e. The lowest BCUT2D eigenvalue weighted by atomic mass is 10.1. The zero-order valence-corrected chi connectivity index (χ0v) is 12.4. The summed E-state index contributed by atoms with van der Waals surface area (Å²) in [6.07, 6.45) is 4.06. The number of fused-ring (bicyclic) bond motifs is 1. The third kappa shape index (κ3) is 2.19. The van der Waals surface area contributed by atoms with E-state index in [1.807, 2.05) is 0 Å². The number of anilines is 1. The second kappa shape index (κ2) is 4.76. The molecule has 2 nitrogen and oxygen atoms in total. The summed E-state index contributed by atoms with van der Waals surface area (Å²) in [5, 5.41) is 3.77. The largest absolute Gasteiger partial charge is 0.380 e. The molecule has 0 spiro atoms. The zero-order chi connectivity index (χ0) is 11.8. The first kappa shape index (κ1) is 11.8. The summed E-state index contributed by atoms with van der Waals surface area (Å²) in [6.45, 7) is 4.81. The fraction of sp³-hybridized carbons (Fsp3) is 0.571. The first-order valence-electron chi connectivity index (χ1n) is 6.51. The average molecular weight is 342 g/mol. The molecule has 2 fully saturated rings. The van der Waals surface area contributed by atoms with Gasteiger partial charge in [0.25, 0.3) is 0 Å². The van der Waals surface area contributed by atoms with Gasteiger partial charge in [-0.3, -0.25) is 4.90 Å². The summed E-state index contributed by atoms with van der Waals surface area (Å²) >= 11 is 2.42. The molecule has 17 heavy (non-hydrogen) atoms. The van der Waals surface area contributed by atoms with Crippen LogP contribution in [0.25, 0.3) is 0 Å². The molecule has 92 valence electrons. The van der Waals surface area contributed by atoms with Gasteiger partial charge in [-0.05, 0) is 73.0 Å². The van der Waals surface area contributed by atoms with Gasteiger partial charge in [-0.1, -0.05) is 6.07 Å². The second-order valence-corrected chi connectivity index (χ2v) is 6.36. The normalized spacial score (nSPS) is 28.4. The standard InChI is InChI=1S/C14H19IN2/c1-10-11(15)4-2-5-12(10)16-13-7-9-17-8-3-6-14(13)17/h2,4-5,13-14,16H,3,6-9H2,1H3. The number of nitrogens with one attached hydrogen (secondary N) is 1. The van der Waals surface area contributed by atoms with Crippen LogP contribution in [-0.4, -0.2) is 30.1 Å². The predicted octanol–water partition coefficient (Wildman–Crippen LogP) is 3.25. The highest BCUT2D eigenvalue weighted by Gasteiger charge is 2.37. The molecule has 0 radical (unpaired) electrons. The summed E-state index contributed by atoms with van der Waals surface area (Å²) < 4.78 is 1.36. The molecule has 2 unspecified atom stereocenters. The molecular weight excluding hydrogens is 323 g/mol. The molecule has 1 aromatic carbocycles. The fourth-order valence-electron chi connectivity index (χ4n) is 3.21. The van der Waals surface area contributed by atoms with Crippen molar-refractivity contribution >= 4 is 28.3 Å². The Morgan fingerprint density at radius 1 is 1.29 bits per heavy atom. The van der Waals surface area contributed by atoms with E-state index in [1.165, 1.54) is 47.2 Å². The molecule has 0 aromatic heterocycles. The Hall–Kier alpha value is -0.290. The molecule has 2 atom stereocenters. The number of halogens is 1. The van der Waals surface area contributed by atoms with Crippen molar-refractivity contribution in [2.75, 3.05) is 18.4 Å². The van der Waals surface area contributed by atoms with E-state index >= 15 is 0 Å². The Bertz CT molecular complexity index is 419. The van der Waals surface area contributed by atoms with Crippen molar-refractivity contribution in [2.24, 2.45) is 0 Å². The topological polar surface area (TPSA) is 15.3 Å². The van der Waals surface area contributed by atoms with Crippen LogP contribution < -0.4 is 5.32 Å². The lowest BCUT2D eigenvalue weighted by Crippen LogP contribution is -2.33. The minimum atomic E-state index is 0.661. The van der Waals surface area contributed by atoms with Crippen LogP contribution in [0.2, 0.25) is 0 Å². The molecule has 1 aromatic rings. The zero-order valence-electron chi connectivity index (χ0n) is 10.2. The van der Waals surface area contributed by atoms with E-state index in [2.05, 4.69) is 57.9 Å². The van der Waals surface area contributed by atoms with Crippen LogP contribution in [0.3, 0.4) is 0 Å². The van der Waals surface area contributed by atoms with Crippen molar-refractivity contribution in [3.05, 3.63) is 27.3 Å². The molecule has 0 bridgehead atoms. The van der Waals surface area contributed by atoms with Crippen LogP contribution in [0.4, 0.5) is 5.69 Å². The van der Waals surface area contributed by atoms with Crippen LogP contribution >= 0.6 is 22.6 Å². The maximum Gasteiger partial charge on any atom is 0.0429 e. The van der Waals surface area contributed by atoms with Gasteiger partial charge in [-0.25, -0.2) is 0 Å². The molecule has 2 saturated heterocycles. The van der Waals surface area contributed by atoms with Gasteiger partial charge < -0.3 is 5.32 Å². The Morgan fingerprint density at radius 2 is 2.18 bits per heavy atom. The van der Waals surface area contributed by atoms with Crippen LogP contribution in [0.15, 0.2) is 18.2 Å². The number of rotatable bonds is 2. The summed E-state index contributed by atoms with van der Waals surface area (Å²) in [4.78, 5) is 2.65. The van der Waals surface area contributed by atoms with E-state index < -0.39 is 0 Å². The van der Waals surface area contributed by atoms with Gasteiger partial charge in [0.2, 0.25) is 0 Å². The third-order valence-corrected chi connectivity index (χ3v) is 5.38. The summed E-state index contributed by atoms with van der Waals surface area (Å²) in [6, 6.07) is 7.99. The Balaban J connectivity index is 1.76. The lowest BCUT2D eigenvalue weighted by Gasteiger charge is -2.23. The van der Waals surface area contributed by atoms with Gasteiger partial charge >= 0.3 is 0 Å². The van der Waals surface area contributed by atoms with Gasteiger partial charge in [0.05, 0.1) is 0 Å². The van der Waals surface area contributed by atoms with Crippen molar-refractivity contribution in [1.29, 1.82) is 0 Å². The molecule has 2 heterocycles. The smallest absolute Gasteiger partial charge is 0.0429 e.